The molecule has 1 fully saturated rings. The van der Waals surface area contributed by atoms with Crippen LogP contribution >= 0.6 is 11.3 Å². The minimum Gasteiger partial charge on any atom is -0.367 e. The molecule has 7 heteroatoms. The number of rotatable bonds is 5. The number of nitrogens with zero attached hydrogens (tertiary/aromatic N) is 2. The molecule has 2 heterocycles. The van der Waals surface area contributed by atoms with Crippen molar-refractivity contribution in [2.24, 2.45) is 0 Å². The molecule has 1 aliphatic rings. The summed E-state index contributed by atoms with van der Waals surface area (Å²) in [6, 6.07) is 0. The molecule has 0 bridgehead atoms. The van der Waals surface area contributed by atoms with Crippen LogP contribution < -0.4 is 5.32 Å². The van der Waals surface area contributed by atoms with E-state index in [0.717, 1.165) is 46.7 Å². The highest BCUT2D eigenvalue weighted by Gasteiger charge is 2.51. The van der Waals surface area contributed by atoms with Gasteiger partial charge in [0, 0.05) is 19.2 Å². The molecule has 0 atom stereocenters. The number of thiophene rings is 1. The number of sulfone groups is 1. The summed E-state index contributed by atoms with van der Waals surface area (Å²) in [6.07, 6.45) is 3.55. The van der Waals surface area contributed by atoms with Gasteiger partial charge in [-0.3, -0.25) is 0 Å². The molecular formula is C14H19N3O2S2. The topological polar surface area (TPSA) is 72.0 Å². The number of fused-ring (bicyclic) bond motifs is 1. The van der Waals surface area contributed by atoms with Crippen LogP contribution in [0.4, 0.5) is 5.82 Å². The summed E-state index contributed by atoms with van der Waals surface area (Å²) < 4.78 is 24.1. The Morgan fingerprint density at radius 3 is 2.67 bits per heavy atom. The van der Waals surface area contributed by atoms with Crippen LogP contribution in [0.25, 0.3) is 10.2 Å². The lowest BCUT2D eigenvalue weighted by atomic mass is 10.3. The maximum Gasteiger partial charge on any atom is 0.154 e. The Bertz CT molecular complexity index is 792. The lowest BCUT2D eigenvalue weighted by Gasteiger charge is -2.15. The van der Waals surface area contributed by atoms with Gasteiger partial charge in [0.2, 0.25) is 0 Å². The van der Waals surface area contributed by atoms with Gasteiger partial charge in [0.25, 0.3) is 0 Å². The van der Waals surface area contributed by atoms with E-state index in [0.29, 0.717) is 6.54 Å². The summed E-state index contributed by atoms with van der Waals surface area (Å²) in [6.45, 7) is 4.48. The number of hydrogen-bond acceptors (Lipinski definition) is 6. The lowest BCUT2D eigenvalue weighted by molar-refractivity contribution is 0.585. The second kappa shape index (κ2) is 4.91. The molecule has 0 unspecified atom stereocenters. The fourth-order valence-corrected chi connectivity index (χ4v) is 4.55. The Labute approximate surface area is 128 Å². The first-order chi connectivity index (χ1) is 9.86. The van der Waals surface area contributed by atoms with Crippen molar-refractivity contribution in [3.05, 3.63) is 16.8 Å². The van der Waals surface area contributed by atoms with Crippen molar-refractivity contribution in [3.63, 3.8) is 0 Å². The predicted molar refractivity (Wildman–Crippen MR) is 86.8 cm³/mol. The Morgan fingerprint density at radius 2 is 2.10 bits per heavy atom. The summed E-state index contributed by atoms with van der Waals surface area (Å²) >= 11 is 1.60. The van der Waals surface area contributed by atoms with Gasteiger partial charge in [-0.2, -0.15) is 0 Å². The first-order valence-corrected chi connectivity index (χ1v) is 9.81. The predicted octanol–water partition coefficient (Wildman–Crippen LogP) is 2.55. The third kappa shape index (κ3) is 2.53. The zero-order chi connectivity index (χ0) is 15.3. The van der Waals surface area contributed by atoms with E-state index in [-0.39, 0.29) is 0 Å². The van der Waals surface area contributed by atoms with Gasteiger partial charge in [-0.15, -0.1) is 11.3 Å². The number of aromatic nitrogens is 2. The fraction of sp³-hybridized carbons (Fsp3) is 0.571. The van der Waals surface area contributed by atoms with Gasteiger partial charge >= 0.3 is 0 Å². The standard InChI is InChI=1S/C14H19N3O2S2/c1-4-10-16-11-9(2)7-20-12(11)13(17-10)15-8-14(5-6-14)21(3,18)19/h7H,4-6,8H2,1-3H3,(H,15,16,17). The lowest BCUT2D eigenvalue weighted by Crippen LogP contribution is -2.30. The van der Waals surface area contributed by atoms with Crippen LogP contribution in [0.1, 0.15) is 31.2 Å². The van der Waals surface area contributed by atoms with Gasteiger partial charge in [0.1, 0.15) is 11.6 Å². The SMILES string of the molecule is CCc1nc(NCC2(S(C)(=O)=O)CC2)c2scc(C)c2n1. The maximum atomic E-state index is 11.9. The van der Waals surface area contributed by atoms with Crippen molar-refractivity contribution in [3.8, 4) is 0 Å². The van der Waals surface area contributed by atoms with E-state index in [2.05, 4.69) is 20.7 Å². The van der Waals surface area contributed by atoms with Crippen molar-refractivity contribution in [2.75, 3.05) is 18.1 Å². The number of aryl methyl sites for hydroxylation is 2. The van der Waals surface area contributed by atoms with Crippen molar-refractivity contribution in [1.29, 1.82) is 0 Å². The van der Waals surface area contributed by atoms with Crippen molar-refractivity contribution >= 4 is 37.2 Å². The van der Waals surface area contributed by atoms with Gasteiger partial charge in [-0.05, 0) is 30.7 Å². The summed E-state index contributed by atoms with van der Waals surface area (Å²) in [5.74, 6) is 1.56. The third-order valence-electron chi connectivity index (χ3n) is 4.13. The molecule has 0 amide bonds. The van der Waals surface area contributed by atoms with E-state index in [1.807, 2.05) is 13.8 Å². The van der Waals surface area contributed by atoms with E-state index in [1.54, 1.807) is 11.3 Å². The average Bonchev–Trinajstić information content (AvgIpc) is 3.15. The Hall–Kier alpha value is -1.21. The van der Waals surface area contributed by atoms with Crippen molar-refractivity contribution < 1.29 is 8.42 Å². The van der Waals surface area contributed by atoms with Crippen LogP contribution in [0, 0.1) is 6.92 Å². The van der Waals surface area contributed by atoms with Gasteiger partial charge in [-0.25, -0.2) is 18.4 Å². The van der Waals surface area contributed by atoms with Crippen LogP contribution in [0.5, 0.6) is 0 Å². The molecule has 0 aliphatic heterocycles. The van der Waals surface area contributed by atoms with Gasteiger partial charge in [0.05, 0.1) is 15.0 Å². The number of anilines is 1. The van der Waals surface area contributed by atoms with Gasteiger partial charge in [-0.1, -0.05) is 6.92 Å². The van der Waals surface area contributed by atoms with E-state index < -0.39 is 14.6 Å². The minimum absolute atomic E-state index is 0.429. The highest BCUT2D eigenvalue weighted by Crippen LogP contribution is 2.43. The molecule has 0 aromatic carbocycles. The highest BCUT2D eigenvalue weighted by atomic mass is 32.2. The molecule has 5 nitrogen and oxygen atoms in total. The van der Waals surface area contributed by atoms with Crippen LogP contribution in [-0.4, -0.2) is 35.9 Å². The summed E-state index contributed by atoms with van der Waals surface area (Å²) in [7, 11) is -3.03. The smallest absolute Gasteiger partial charge is 0.154 e. The zero-order valence-corrected chi connectivity index (χ0v) is 14.1. The van der Waals surface area contributed by atoms with Gasteiger partial charge in [0.15, 0.2) is 9.84 Å². The van der Waals surface area contributed by atoms with E-state index in [1.165, 1.54) is 6.26 Å². The van der Waals surface area contributed by atoms with E-state index >= 15 is 0 Å². The summed E-state index contributed by atoms with van der Waals surface area (Å²) in [5.41, 5.74) is 2.11. The summed E-state index contributed by atoms with van der Waals surface area (Å²) in [5, 5.41) is 5.33. The molecule has 21 heavy (non-hydrogen) atoms. The Morgan fingerprint density at radius 1 is 1.38 bits per heavy atom. The molecule has 0 saturated heterocycles. The second-order valence-corrected chi connectivity index (χ2v) is 9.04. The second-order valence-electron chi connectivity index (χ2n) is 5.75. The third-order valence-corrected chi connectivity index (χ3v) is 7.35. The number of hydrogen-bond donors (Lipinski definition) is 1. The fourth-order valence-electron chi connectivity index (χ4n) is 2.42. The molecule has 0 radical (unpaired) electrons. The Balaban J connectivity index is 1.94. The van der Waals surface area contributed by atoms with Crippen LogP contribution in [-0.2, 0) is 16.3 Å². The van der Waals surface area contributed by atoms with Crippen molar-refractivity contribution in [2.45, 2.75) is 37.9 Å². The first kappa shape index (κ1) is 14.7. The largest absolute Gasteiger partial charge is 0.367 e. The molecule has 3 rings (SSSR count). The quantitative estimate of drug-likeness (QED) is 0.914. The van der Waals surface area contributed by atoms with Gasteiger partial charge < -0.3 is 5.32 Å². The van der Waals surface area contributed by atoms with Crippen LogP contribution in [0.3, 0.4) is 0 Å². The van der Waals surface area contributed by atoms with E-state index in [9.17, 15) is 8.42 Å². The number of nitrogens with one attached hydrogen (secondary N) is 1. The monoisotopic (exact) mass is 325 g/mol. The minimum atomic E-state index is -3.03. The molecule has 1 N–H and O–H groups in total. The molecule has 2 aromatic rings. The van der Waals surface area contributed by atoms with Crippen molar-refractivity contribution in [1.82, 2.24) is 9.97 Å². The normalized spacial score (nSPS) is 17.1. The molecule has 0 spiro atoms. The molecule has 2 aromatic heterocycles. The summed E-state index contributed by atoms with van der Waals surface area (Å²) in [4.78, 5) is 9.10. The average molecular weight is 325 g/mol. The molecule has 1 aliphatic carbocycles. The van der Waals surface area contributed by atoms with E-state index in [4.69, 9.17) is 0 Å². The first-order valence-electron chi connectivity index (χ1n) is 7.04. The molecule has 1 saturated carbocycles. The highest BCUT2D eigenvalue weighted by molar-refractivity contribution is 7.92. The maximum absolute atomic E-state index is 11.9. The molecular weight excluding hydrogens is 306 g/mol. The van der Waals surface area contributed by atoms with Crippen LogP contribution in [0.15, 0.2) is 5.38 Å². The molecule has 114 valence electrons. The van der Waals surface area contributed by atoms with Crippen LogP contribution in [0.2, 0.25) is 0 Å². The Kier molecular flexibility index (Phi) is 3.44. The zero-order valence-electron chi connectivity index (χ0n) is 12.4.